The molecule has 18 heavy (non-hydrogen) atoms. The van der Waals surface area contributed by atoms with Gasteiger partial charge in [-0.25, -0.2) is 0 Å². The van der Waals surface area contributed by atoms with Gasteiger partial charge in [-0.05, 0) is 5.56 Å². The van der Waals surface area contributed by atoms with Crippen molar-refractivity contribution < 1.29 is 39.7 Å². The van der Waals surface area contributed by atoms with Crippen LogP contribution in [0.4, 0.5) is 0 Å². The number of hydrogen-bond acceptors (Lipinski definition) is 3. The third-order valence-electron chi connectivity index (χ3n) is 2.92. The van der Waals surface area contributed by atoms with E-state index in [2.05, 4.69) is 22.3 Å². The molecule has 1 aliphatic rings. The Morgan fingerprint density at radius 2 is 1.78 bits per heavy atom. The first-order valence-electron chi connectivity index (χ1n) is 5.63. The van der Waals surface area contributed by atoms with Crippen LogP contribution < -0.4 is 29.6 Å². The normalized spacial score (nSPS) is 17.3. The van der Waals surface area contributed by atoms with Crippen LogP contribution in [-0.4, -0.2) is 46.3 Å². The first-order chi connectivity index (χ1) is 8.29. The Morgan fingerprint density at radius 1 is 1.17 bits per heavy atom. The zero-order valence-corrected chi connectivity index (χ0v) is 12.6. The molecule has 1 heterocycles. The summed E-state index contributed by atoms with van der Waals surface area (Å²) in [5.74, 6) is 0. The van der Waals surface area contributed by atoms with Crippen molar-refractivity contribution in [2.45, 2.75) is 6.54 Å². The summed E-state index contributed by atoms with van der Waals surface area (Å²) in [6, 6.07) is 10.2. The minimum Gasteiger partial charge on any atom is -0.569 e. The zero-order chi connectivity index (χ0) is 12.1. The summed E-state index contributed by atoms with van der Waals surface area (Å²) in [7, 11) is 0. The zero-order valence-electron chi connectivity index (χ0n) is 10.6. The summed E-state index contributed by atoms with van der Waals surface area (Å²) in [5.41, 5.74) is 1.27. The van der Waals surface area contributed by atoms with Gasteiger partial charge in [0.15, 0.2) is 0 Å². The number of rotatable bonds is 3. The second kappa shape index (κ2) is 7.58. The van der Waals surface area contributed by atoms with Crippen LogP contribution in [0.5, 0.6) is 0 Å². The van der Waals surface area contributed by atoms with E-state index in [1.807, 2.05) is 18.2 Å². The van der Waals surface area contributed by atoms with Crippen LogP contribution in [0.1, 0.15) is 5.56 Å². The number of hydrazine groups is 1. The van der Waals surface area contributed by atoms with Crippen LogP contribution >= 0.6 is 0 Å². The topological polar surface area (TPSA) is 65.1 Å². The maximum absolute atomic E-state index is 11.0. The Hall–Kier alpha value is -0.820. The maximum Gasteiger partial charge on any atom is 1.00 e. The van der Waals surface area contributed by atoms with E-state index in [0.717, 1.165) is 19.6 Å². The maximum atomic E-state index is 11.0. The van der Waals surface area contributed by atoms with Crippen molar-refractivity contribution in [1.82, 2.24) is 9.91 Å². The fourth-order valence-corrected chi connectivity index (χ4v) is 1.96. The van der Waals surface area contributed by atoms with E-state index in [9.17, 15) is 5.21 Å². The van der Waals surface area contributed by atoms with Crippen LogP contribution in [0.2, 0.25) is 0 Å². The van der Waals surface area contributed by atoms with E-state index in [1.54, 1.807) is 0 Å². The quantitative estimate of drug-likeness (QED) is 0.297. The predicted molar refractivity (Wildman–Crippen MR) is 61.1 cm³/mol. The molecule has 7 heteroatoms. The molecule has 92 valence electrons. The number of hydrogen-bond donors (Lipinski definition) is 1. The molecule has 6 nitrogen and oxygen atoms in total. The molecule has 0 atom stereocenters. The van der Waals surface area contributed by atoms with Gasteiger partial charge in [0.05, 0.1) is 18.1 Å². The summed E-state index contributed by atoms with van der Waals surface area (Å²) >= 11 is 0. The number of nitrogens with zero attached hydrogens (tertiary/aromatic N) is 4. The van der Waals surface area contributed by atoms with Crippen molar-refractivity contribution in [3.63, 3.8) is 0 Å². The van der Waals surface area contributed by atoms with Crippen molar-refractivity contribution in [1.29, 1.82) is 0 Å². The van der Waals surface area contributed by atoms with Gasteiger partial charge < -0.3 is 10.4 Å². The summed E-state index contributed by atoms with van der Waals surface area (Å²) in [6.45, 7) is 3.65. The fourth-order valence-electron chi connectivity index (χ4n) is 1.96. The summed E-state index contributed by atoms with van der Waals surface area (Å²) < 4.78 is 0. The Balaban J connectivity index is 0.00000162. The van der Waals surface area contributed by atoms with Crippen molar-refractivity contribution in [2.24, 2.45) is 5.28 Å². The molecule has 1 N–H and O–H groups in total. The molecular weight excluding hydrogens is 243 g/mol. The Labute approximate surface area is 128 Å². The molecule has 0 radical (unpaired) electrons. The molecule has 0 spiro atoms. The van der Waals surface area contributed by atoms with E-state index >= 15 is 0 Å². The Morgan fingerprint density at radius 3 is 2.33 bits per heavy atom. The van der Waals surface area contributed by atoms with Crippen molar-refractivity contribution in [3.05, 3.63) is 41.1 Å². The molecule has 0 aromatic heterocycles. The van der Waals surface area contributed by atoms with E-state index < -0.39 is 0 Å². The third-order valence-corrected chi connectivity index (χ3v) is 2.92. The molecule has 1 aromatic carbocycles. The average molecular weight is 259 g/mol. The molecule has 1 fully saturated rings. The Kier molecular flexibility index (Phi) is 6.42. The smallest absolute Gasteiger partial charge is 0.569 e. The van der Waals surface area contributed by atoms with E-state index in [1.165, 1.54) is 10.6 Å². The first kappa shape index (κ1) is 15.2. The molecule has 0 aliphatic carbocycles. The molecule has 0 saturated carbocycles. The minimum absolute atomic E-state index is 0. The fraction of sp³-hybridized carbons (Fsp3) is 0.455. The van der Waals surface area contributed by atoms with Gasteiger partial charge in [-0.1, -0.05) is 30.3 Å². The Bertz CT molecular complexity index is 380. The predicted octanol–water partition coefficient (Wildman–Crippen LogP) is -1.93. The summed E-state index contributed by atoms with van der Waals surface area (Å²) in [5, 5.41) is 23.5. The number of piperazine rings is 1. The molecule has 0 amide bonds. The van der Waals surface area contributed by atoms with Crippen molar-refractivity contribution >= 4 is 0 Å². The molecule has 1 aliphatic heterocycles. The third kappa shape index (κ3) is 4.13. The molecule has 1 aromatic rings. The minimum atomic E-state index is 0. The first-order valence-corrected chi connectivity index (χ1v) is 5.63. The van der Waals surface area contributed by atoms with Gasteiger partial charge >= 0.3 is 29.6 Å². The van der Waals surface area contributed by atoms with Gasteiger partial charge in [0, 0.05) is 19.6 Å². The van der Waals surface area contributed by atoms with Gasteiger partial charge in [-0.2, -0.15) is 0 Å². The molecule has 0 bridgehead atoms. The van der Waals surface area contributed by atoms with Crippen LogP contribution in [0.15, 0.2) is 35.6 Å². The SMILES string of the molecule is [Na+].[O-][N+](=NO)N1CCN(Cc2ccccc2)CC1. The molecule has 1 saturated heterocycles. The van der Waals surface area contributed by atoms with E-state index in [-0.39, 0.29) is 34.5 Å². The molecular formula is C11H16N4NaO2+. The van der Waals surface area contributed by atoms with E-state index in [4.69, 9.17) is 5.21 Å². The van der Waals surface area contributed by atoms with Crippen LogP contribution in [-0.2, 0) is 6.54 Å². The largest absolute Gasteiger partial charge is 1.00 e. The van der Waals surface area contributed by atoms with Gasteiger partial charge in [0.2, 0.25) is 5.28 Å². The second-order valence-electron chi connectivity index (χ2n) is 4.06. The van der Waals surface area contributed by atoms with Crippen molar-refractivity contribution in [3.8, 4) is 0 Å². The van der Waals surface area contributed by atoms with Crippen LogP contribution in [0.25, 0.3) is 0 Å². The molecule has 2 rings (SSSR count). The van der Waals surface area contributed by atoms with Gasteiger partial charge in [-0.15, -0.1) is 5.01 Å². The van der Waals surface area contributed by atoms with Gasteiger partial charge in [-0.3, -0.25) is 4.90 Å². The second-order valence-corrected chi connectivity index (χ2v) is 4.06. The average Bonchev–Trinajstić information content (AvgIpc) is 2.40. The number of benzene rings is 1. The monoisotopic (exact) mass is 259 g/mol. The summed E-state index contributed by atoms with van der Waals surface area (Å²) in [6.07, 6.45) is 0. The van der Waals surface area contributed by atoms with E-state index in [0.29, 0.717) is 13.1 Å². The van der Waals surface area contributed by atoms with Gasteiger partial charge in [0.1, 0.15) is 0 Å². The summed E-state index contributed by atoms with van der Waals surface area (Å²) in [4.78, 5) is 2.52. The van der Waals surface area contributed by atoms with Crippen LogP contribution in [0, 0.1) is 5.21 Å². The van der Waals surface area contributed by atoms with Crippen molar-refractivity contribution in [2.75, 3.05) is 26.2 Å². The standard InChI is InChI=1S/C11H16N4O2.Na/c16-12-15(17)14-8-6-13(7-9-14)10-11-4-2-1-3-5-11;/h1-5,16H,6-10H2;/q;+1. The molecule has 0 unspecified atom stereocenters. The van der Waals surface area contributed by atoms with Gasteiger partial charge in [0.25, 0.3) is 0 Å². The van der Waals surface area contributed by atoms with Crippen LogP contribution in [0.3, 0.4) is 0 Å².